The van der Waals surface area contributed by atoms with Gasteiger partial charge in [0.05, 0.1) is 16.3 Å². The van der Waals surface area contributed by atoms with Gasteiger partial charge in [-0.05, 0) is 49.3 Å². The van der Waals surface area contributed by atoms with Crippen LogP contribution in [-0.2, 0) is 13.0 Å². The van der Waals surface area contributed by atoms with Crippen LogP contribution in [-0.4, -0.2) is 24.5 Å². The number of benzene rings is 2. The van der Waals surface area contributed by atoms with Crippen molar-refractivity contribution in [2.75, 3.05) is 0 Å². The first-order chi connectivity index (χ1) is 14.2. The van der Waals surface area contributed by atoms with Crippen molar-refractivity contribution in [3.63, 3.8) is 0 Å². The van der Waals surface area contributed by atoms with E-state index in [4.69, 9.17) is 17.3 Å². The quantitative estimate of drug-likeness (QED) is 0.381. The third-order valence-corrected chi connectivity index (χ3v) is 6.41. The van der Waals surface area contributed by atoms with Crippen LogP contribution in [0, 0.1) is 11.7 Å². The van der Waals surface area contributed by atoms with Gasteiger partial charge in [-0.3, -0.25) is 9.67 Å². The van der Waals surface area contributed by atoms with Gasteiger partial charge in [0, 0.05) is 11.9 Å². The van der Waals surface area contributed by atoms with E-state index in [1.807, 2.05) is 35.9 Å². The van der Waals surface area contributed by atoms with E-state index in [0.29, 0.717) is 4.77 Å². The van der Waals surface area contributed by atoms with Gasteiger partial charge in [0.15, 0.2) is 10.6 Å². The van der Waals surface area contributed by atoms with Crippen LogP contribution in [0.15, 0.2) is 66.7 Å². The Balaban J connectivity index is 1.54. The van der Waals surface area contributed by atoms with Crippen molar-refractivity contribution in [1.82, 2.24) is 24.5 Å². The van der Waals surface area contributed by atoms with E-state index in [2.05, 4.69) is 57.2 Å². The van der Waals surface area contributed by atoms with Crippen LogP contribution < -0.4 is 0 Å². The highest BCUT2D eigenvalue weighted by Crippen LogP contribution is 2.35. The molecule has 3 aromatic heterocycles. The van der Waals surface area contributed by atoms with Crippen LogP contribution in [0.4, 0.5) is 0 Å². The zero-order valence-corrected chi connectivity index (χ0v) is 17.5. The van der Waals surface area contributed by atoms with Crippen molar-refractivity contribution < 1.29 is 0 Å². The van der Waals surface area contributed by atoms with Crippen LogP contribution in [0.1, 0.15) is 11.3 Å². The SMILES string of the molecule is Cc1nn(-c2ccccc2)c2sc(-c3n[nH]c(=S)n3CCc3ccccc3)cc12. The summed E-state index contributed by atoms with van der Waals surface area (Å²) in [4.78, 5) is 2.21. The lowest BCUT2D eigenvalue weighted by molar-refractivity contribution is 0.692. The molecule has 7 heteroatoms. The number of nitrogens with zero attached hydrogens (tertiary/aromatic N) is 4. The zero-order chi connectivity index (χ0) is 19.8. The number of thiophene rings is 1. The fourth-order valence-electron chi connectivity index (χ4n) is 3.50. The Kier molecular flexibility index (Phi) is 4.61. The number of H-pyrrole nitrogens is 1. The molecule has 0 amide bonds. The topological polar surface area (TPSA) is 51.4 Å². The highest BCUT2D eigenvalue weighted by atomic mass is 32.1. The third-order valence-electron chi connectivity index (χ3n) is 4.99. The van der Waals surface area contributed by atoms with E-state index >= 15 is 0 Å². The second kappa shape index (κ2) is 7.42. The summed E-state index contributed by atoms with van der Waals surface area (Å²) < 4.78 is 4.74. The first kappa shape index (κ1) is 18.0. The van der Waals surface area contributed by atoms with Gasteiger partial charge in [0.25, 0.3) is 0 Å². The van der Waals surface area contributed by atoms with Crippen molar-refractivity contribution in [3.05, 3.63) is 82.8 Å². The second-order valence-corrected chi connectivity index (χ2v) is 8.32. The Morgan fingerprint density at radius 3 is 2.52 bits per heavy atom. The molecule has 0 saturated heterocycles. The molecule has 0 saturated carbocycles. The summed E-state index contributed by atoms with van der Waals surface area (Å²) in [5, 5.41) is 13.4. The molecule has 0 fully saturated rings. The fourth-order valence-corrected chi connectivity index (χ4v) is 4.91. The van der Waals surface area contributed by atoms with E-state index in [0.717, 1.165) is 45.3 Å². The third kappa shape index (κ3) is 3.32. The molecule has 1 N–H and O–H groups in total. The molecule has 5 rings (SSSR count). The minimum Gasteiger partial charge on any atom is -0.299 e. The number of hydrogen-bond acceptors (Lipinski definition) is 4. The molecule has 0 spiro atoms. The summed E-state index contributed by atoms with van der Waals surface area (Å²) in [5.74, 6) is 0.881. The number of aryl methyl sites for hydroxylation is 2. The van der Waals surface area contributed by atoms with Crippen LogP contribution in [0.2, 0.25) is 0 Å². The zero-order valence-electron chi connectivity index (χ0n) is 15.9. The highest BCUT2D eigenvalue weighted by Gasteiger charge is 2.17. The minimum absolute atomic E-state index is 0.648. The van der Waals surface area contributed by atoms with Crippen molar-refractivity contribution in [1.29, 1.82) is 0 Å². The van der Waals surface area contributed by atoms with Crippen LogP contribution in [0.5, 0.6) is 0 Å². The van der Waals surface area contributed by atoms with Gasteiger partial charge in [-0.15, -0.1) is 11.3 Å². The molecule has 0 unspecified atom stereocenters. The highest BCUT2D eigenvalue weighted by molar-refractivity contribution is 7.71. The van der Waals surface area contributed by atoms with Gasteiger partial charge in [-0.2, -0.15) is 10.2 Å². The smallest absolute Gasteiger partial charge is 0.195 e. The minimum atomic E-state index is 0.648. The molecule has 144 valence electrons. The van der Waals surface area contributed by atoms with Gasteiger partial charge in [0.2, 0.25) is 0 Å². The number of nitrogens with one attached hydrogen (secondary N) is 1. The fraction of sp³-hybridized carbons (Fsp3) is 0.136. The van der Waals surface area contributed by atoms with Gasteiger partial charge >= 0.3 is 0 Å². The molecular weight excluding hydrogens is 398 g/mol. The summed E-state index contributed by atoms with van der Waals surface area (Å²) in [7, 11) is 0. The number of para-hydroxylation sites is 1. The maximum Gasteiger partial charge on any atom is 0.195 e. The summed E-state index contributed by atoms with van der Waals surface area (Å²) in [6.45, 7) is 2.83. The summed E-state index contributed by atoms with van der Waals surface area (Å²) in [6.07, 6.45) is 0.906. The van der Waals surface area contributed by atoms with Crippen molar-refractivity contribution in [2.24, 2.45) is 0 Å². The standard InChI is InChI=1S/C22H19N5S2/c1-15-18-14-19(29-21(18)27(25-15)17-10-6-3-7-11-17)20-23-24-22(28)26(20)13-12-16-8-4-2-5-9-16/h2-11,14H,12-13H2,1H3,(H,24,28). The van der Waals surface area contributed by atoms with E-state index in [9.17, 15) is 0 Å². The van der Waals surface area contributed by atoms with Crippen LogP contribution in [0.3, 0.4) is 0 Å². The second-order valence-electron chi connectivity index (χ2n) is 6.90. The maximum atomic E-state index is 5.51. The summed E-state index contributed by atoms with van der Waals surface area (Å²) in [5.41, 5.74) is 3.35. The largest absolute Gasteiger partial charge is 0.299 e. The van der Waals surface area contributed by atoms with E-state index in [1.54, 1.807) is 11.3 Å². The lowest BCUT2D eigenvalue weighted by Crippen LogP contribution is -2.03. The lowest BCUT2D eigenvalue weighted by Gasteiger charge is -2.06. The molecule has 0 aliphatic heterocycles. The molecular formula is C22H19N5S2. The van der Waals surface area contributed by atoms with Crippen molar-refractivity contribution >= 4 is 33.8 Å². The van der Waals surface area contributed by atoms with Crippen LogP contribution >= 0.6 is 23.6 Å². The number of rotatable bonds is 5. The molecule has 0 bridgehead atoms. The Bertz CT molecular complexity index is 1330. The molecule has 2 aromatic carbocycles. The summed E-state index contributed by atoms with van der Waals surface area (Å²) in [6, 6.07) is 22.8. The van der Waals surface area contributed by atoms with Crippen molar-refractivity contribution in [2.45, 2.75) is 19.9 Å². The predicted molar refractivity (Wildman–Crippen MR) is 120 cm³/mol. The summed E-state index contributed by atoms with van der Waals surface area (Å²) >= 11 is 7.20. The number of fused-ring (bicyclic) bond motifs is 1. The van der Waals surface area contributed by atoms with E-state index in [1.165, 1.54) is 5.56 Å². The van der Waals surface area contributed by atoms with Gasteiger partial charge in [0.1, 0.15) is 4.83 Å². The lowest BCUT2D eigenvalue weighted by atomic mass is 10.1. The Hall–Kier alpha value is -3.03. The van der Waals surface area contributed by atoms with E-state index < -0.39 is 0 Å². The molecule has 5 nitrogen and oxygen atoms in total. The molecule has 0 aliphatic rings. The van der Waals surface area contributed by atoms with Gasteiger partial charge in [-0.25, -0.2) is 4.68 Å². The average Bonchev–Trinajstić information content (AvgIpc) is 3.43. The molecule has 0 aliphatic carbocycles. The van der Waals surface area contributed by atoms with E-state index in [-0.39, 0.29) is 0 Å². The maximum absolute atomic E-state index is 5.51. The normalized spacial score (nSPS) is 11.3. The Morgan fingerprint density at radius 2 is 1.76 bits per heavy atom. The Labute approximate surface area is 177 Å². The Morgan fingerprint density at radius 1 is 1.03 bits per heavy atom. The molecule has 3 heterocycles. The average molecular weight is 418 g/mol. The molecule has 29 heavy (non-hydrogen) atoms. The molecule has 0 atom stereocenters. The van der Waals surface area contributed by atoms with Gasteiger partial charge < -0.3 is 0 Å². The predicted octanol–water partition coefficient (Wildman–Crippen LogP) is 5.56. The van der Waals surface area contributed by atoms with Gasteiger partial charge in [-0.1, -0.05) is 48.5 Å². The number of aromatic nitrogens is 5. The first-order valence-electron chi connectivity index (χ1n) is 9.45. The monoisotopic (exact) mass is 417 g/mol. The molecule has 5 aromatic rings. The van der Waals surface area contributed by atoms with Crippen LogP contribution in [0.25, 0.3) is 26.6 Å². The molecule has 0 radical (unpaired) electrons. The first-order valence-corrected chi connectivity index (χ1v) is 10.7. The van der Waals surface area contributed by atoms with Crippen molar-refractivity contribution in [3.8, 4) is 16.4 Å². The number of aromatic amines is 1. The number of hydrogen-bond donors (Lipinski definition) is 1.